The van der Waals surface area contributed by atoms with Crippen LogP contribution in [0.3, 0.4) is 0 Å². The smallest absolute Gasteiger partial charge is 0.0340 e. The van der Waals surface area contributed by atoms with Crippen molar-refractivity contribution in [1.82, 2.24) is 0 Å². The van der Waals surface area contributed by atoms with Crippen molar-refractivity contribution >= 4 is 5.69 Å². The van der Waals surface area contributed by atoms with Crippen molar-refractivity contribution in [1.29, 1.82) is 0 Å². The molecule has 1 saturated carbocycles. The van der Waals surface area contributed by atoms with Crippen molar-refractivity contribution < 1.29 is 0 Å². The third-order valence-corrected chi connectivity index (χ3v) is 5.13. The van der Waals surface area contributed by atoms with Crippen molar-refractivity contribution in [2.45, 2.75) is 65.2 Å². The second-order valence-electron chi connectivity index (χ2n) is 6.99. The van der Waals surface area contributed by atoms with E-state index in [9.17, 15) is 0 Å². The molecule has 1 fully saturated rings. The Labute approximate surface area is 148 Å². The molecule has 0 bridgehead atoms. The minimum atomic E-state index is 0.850. The average Bonchev–Trinajstić information content (AvgIpc) is 2.63. The van der Waals surface area contributed by atoms with Crippen LogP contribution in [0.5, 0.6) is 0 Å². The van der Waals surface area contributed by atoms with Gasteiger partial charge in [0.25, 0.3) is 0 Å². The number of nitrogens with one attached hydrogen (secondary N) is 1. The molecule has 0 amide bonds. The SMILES string of the molecule is CCc1ccc(C2CCCCC2)cc1C.CNc1cccc(C)c1. The molecule has 1 N–H and O–H groups in total. The Hall–Kier alpha value is -1.76. The van der Waals surface area contributed by atoms with Crippen LogP contribution in [0.2, 0.25) is 0 Å². The lowest BCUT2D eigenvalue weighted by Gasteiger charge is -2.22. The maximum absolute atomic E-state index is 3.07. The molecule has 0 aromatic heterocycles. The molecule has 2 aromatic carbocycles. The molecule has 0 saturated heterocycles. The molecule has 1 heteroatoms. The molecule has 24 heavy (non-hydrogen) atoms. The number of anilines is 1. The lowest BCUT2D eigenvalue weighted by atomic mass is 9.83. The Bertz CT molecular complexity index is 624. The Balaban J connectivity index is 0.000000198. The highest BCUT2D eigenvalue weighted by atomic mass is 14.8. The van der Waals surface area contributed by atoms with Gasteiger partial charge in [0, 0.05) is 12.7 Å². The summed E-state index contributed by atoms with van der Waals surface area (Å²) in [6.07, 6.45) is 8.29. The van der Waals surface area contributed by atoms with E-state index in [2.05, 4.69) is 56.4 Å². The maximum atomic E-state index is 3.07. The van der Waals surface area contributed by atoms with E-state index >= 15 is 0 Å². The van der Waals surface area contributed by atoms with Gasteiger partial charge in [0.1, 0.15) is 0 Å². The normalized spacial score (nSPS) is 14.7. The van der Waals surface area contributed by atoms with E-state index in [1.54, 1.807) is 5.56 Å². The van der Waals surface area contributed by atoms with Crippen LogP contribution < -0.4 is 5.32 Å². The molecular formula is C23H33N. The number of benzene rings is 2. The summed E-state index contributed by atoms with van der Waals surface area (Å²) < 4.78 is 0. The Morgan fingerprint density at radius 2 is 1.71 bits per heavy atom. The molecule has 2 aromatic rings. The molecule has 1 nitrogen and oxygen atoms in total. The monoisotopic (exact) mass is 323 g/mol. The second-order valence-corrected chi connectivity index (χ2v) is 6.99. The summed E-state index contributed by atoms with van der Waals surface area (Å²) in [6, 6.07) is 15.4. The van der Waals surface area contributed by atoms with Gasteiger partial charge in [-0.15, -0.1) is 0 Å². The van der Waals surface area contributed by atoms with Gasteiger partial charge in [-0.25, -0.2) is 0 Å². The first-order valence-corrected chi connectivity index (χ1v) is 9.48. The molecule has 1 aliphatic rings. The number of hydrogen-bond donors (Lipinski definition) is 1. The summed E-state index contributed by atoms with van der Waals surface area (Å²) >= 11 is 0. The summed E-state index contributed by atoms with van der Waals surface area (Å²) in [5.74, 6) is 0.850. The predicted octanol–water partition coefficient (Wildman–Crippen LogP) is 6.64. The molecule has 130 valence electrons. The van der Waals surface area contributed by atoms with Crippen LogP contribution in [0.25, 0.3) is 0 Å². The van der Waals surface area contributed by atoms with Crippen molar-refractivity contribution in [3.8, 4) is 0 Å². The third kappa shape index (κ3) is 5.40. The van der Waals surface area contributed by atoms with Crippen LogP contribution >= 0.6 is 0 Å². The molecule has 1 aliphatic carbocycles. The van der Waals surface area contributed by atoms with E-state index in [1.807, 2.05) is 19.2 Å². The lowest BCUT2D eigenvalue weighted by molar-refractivity contribution is 0.443. The number of hydrogen-bond acceptors (Lipinski definition) is 1. The van der Waals surface area contributed by atoms with E-state index < -0.39 is 0 Å². The summed E-state index contributed by atoms with van der Waals surface area (Å²) in [5.41, 5.74) is 7.05. The Kier molecular flexibility index (Phi) is 7.36. The molecule has 0 spiro atoms. The molecule has 3 rings (SSSR count). The van der Waals surface area contributed by atoms with Crippen molar-refractivity contribution in [3.05, 3.63) is 64.7 Å². The first-order chi connectivity index (χ1) is 11.6. The van der Waals surface area contributed by atoms with Crippen LogP contribution in [0.15, 0.2) is 42.5 Å². The minimum Gasteiger partial charge on any atom is -0.388 e. The molecule has 0 radical (unpaired) electrons. The van der Waals surface area contributed by atoms with Gasteiger partial charge in [-0.1, -0.05) is 56.5 Å². The quantitative estimate of drug-likeness (QED) is 0.667. The fourth-order valence-electron chi connectivity index (χ4n) is 3.61. The van der Waals surface area contributed by atoms with Gasteiger partial charge < -0.3 is 5.32 Å². The first-order valence-electron chi connectivity index (χ1n) is 9.48. The zero-order chi connectivity index (χ0) is 17.4. The van der Waals surface area contributed by atoms with Gasteiger partial charge in [-0.2, -0.15) is 0 Å². The van der Waals surface area contributed by atoms with E-state index in [-0.39, 0.29) is 0 Å². The summed E-state index contributed by atoms with van der Waals surface area (Å²) in [7, 11) is 1.93. The molecular weight excluding hydrogens is 290 g/mol. The van der Waals surface area contributed by atoms with Gasteiger partial charge in [-0.05, 0) is 73.4 Å². The summed E-state index contributed by atoms with van der Waals surface area (Å²) in [5, 5.41) is 3.07. The fourth-order valence-corrected chi connectivity index (χ4v) is 3.61. The third-order valence-electron chi connectivity index (χ3n) is 5.13. The second kappa shape index (κ2) is 9.52. The maximum Gasteiger partial charge on any atom is 0.0340 e. The number of aryl methyl sites for hydroxylation is 3. The van der Waals surface area contributed by atoms with Gasteiger partial charge in [0.15, 0.2) is 0 Å². The van der Waals surface area contributed by atoms with E-state index in [4.69, 9.17) is 0 Å². The highest BCUT2D eigenvalue weighted by Gasteiger charge is 2.15. The van der Waals surface area contributed by atoms with Gasteiger partial charge >= 0.3 is 0 Å². The van der Waals surface area contributed by atoms with E-state index in [1.165, 1.54) is 54.5 Å². The molecule has 0 heterocycles. The van der Waals surface area contributed by atoms with Crippen molar-refractivity contribution in [2.75, 3.05) is 12.4 Å². The zero-order valence-electron chi connectivity index (χ0n) is 15.9. The van der Waals surface area contributed by atoms with Crippen LogP contribution in [0.4, 0.5) is 5.69 Å². The Morgan fingerprint density at radius 3 is 2.25 bits per heavy atom. The average molecular weight is 324 g/mol. The molecule has 0 aliphatic heterocycles. The molecule has 0 atom stereocenters. The summed E-state index contributed by atoms with van der Waals surface area (Å²) in [6.45, 7) is 6.58. The van der Waals surface area contributed by atoms with E-state index in [0.29, 0.717) is 0 Å². The number of rotatable bonds is 3. The highest BCUT2D eigenvalue weighted by molar-refractivity contribution is 5.44. The largest absolute Gasteiger partial charge is 0.388 e. The predicted molar refractivity (Wildman–Crippen MR) is 107 cm³/mol. The summed E-state index contributed by atoms with van der Waals surface area (Å²) in [4.78, 5) is 0. The minimum absolute atomic E-state index is 0.850. The van der Waals surface area contributed by atoms with Crippen LogP contribution in [0.1, 0.15) is 67.2 Å². The topological polar surface area (TPSA) is 12.0 Å². The fraction of sp³-hybridized carbons (Fsp3) is 0.478. The van der Waals surface area contributed by atoms with Gasteiger partial charge in [0.2, 0.25) is 0 Å². The highest BCUT2D eigenvalue weighted by Crippen LogP contribution is 2.33. The van der Waals surface area contributed by atoms with Crippen LogP contribution in [0, 0.1) is 13.8 Å². The van der Waals surface area contributed by atoms with Crippen LogP contribution in [-0.4, -0.2) is 7.05 Å². The van der Waals surface area contributed by atoms with Crippen molar-refractivity contribution in [3.63, 3.8) is 0 Å². The van der Waals surface area contributed by atoms with E-state index in [0.717, 1.165) is 12.3 Å². The van der Waals surface area contributed by atoms with Gasteiger partial charge in [0.05, 0.1) is 0 Å². The molecule has 0 unspecified atom stereocenters. The zero-order valence-corrected chi connectivity index (χ0v) is 15.9. The Morgan fingerprint density at radius 1 is 0.958 bits per heavy atom. The standard InChI is InChI=1S/C15H22.C8H11N/c1-3-13-9-10-15(11-12(13)2)14-7-5-4-6-8-14;1-7-4-3-5-8(6-7)9-2/h9-11,14H,3-8H2,1-2H3;3-6,9H,1-2H3. The van der Waals surface area contributed by atoms with Crippen LogP contribution in [-0.2, 0) is 6.42 Å². The van der Waals surface area contributed by atoms with Crippen molar-refractivity contribution in [2.24, 2.45) is 0 Å². The lowest BCUT2D eigenvalue weighted by Crippen LogP contribution is -2.05. The van der Waals surface area contributed by atoms with Gasteiger partial charge in [-0.3, -0.25) is 0 Å². The first kappa shape index (κ1) is 18.6.